The van der Waals surface area contributed by atoms with E-state index in [-0.39, 0.29) is 5.91 Å². The number of nitrogens with zero attached hydrogens (tertiary/aromatic N) is 3. The Morgan fingerprint density at radius 3 is 2.38 bits per heavy atom. The summed E-state index contributed by atoms with van der Waals surface area (Å²) in [5.74, 6) is 1.45. The number of carbonyl (C=O) groups is 1. The summed E-state index contributed by atoms with van der Waals surface area (Å²) >= 11 is 1.37. The molecule has 0 unspecified atom stereocenters. The van der Waals surface area contributed by atoms with Gasteiger partial charge in [-0.3, -0.25) is 4.79 Å². The molecule has 2 aliphatic carbocycles. The summed E-state index contributed by atoms with van der Waals surface area (Å²) in [7, 11) is 0. The minimum absolute atomic E-state index is 0.0658. The number of anilines is 1. The molecule has 0 aromatic carbocycles. The number of carbonyl (C=O) groups excluding carboxylic acids is 1. The molecule has 1 amide bonds. The molecule has 110 valence electrons. The Morgan fingerprint density at radius 1 is 1.19 bits per heavy atom. The van der Waals surface area contributed by atoms with Crippen LogP contribution in [0.5, 0.6) is 0 Å². The first-order valence-corrected chi connectivity index (χ1v) is 8.32. The Bertz CT molecular complexity index is 676. The van der Waals surface area contributed by atoms with Crippen LogP contribution in [0.4, 0.5) is 5.69 Å². The van der Waals surface area contributed by atoms with Crippen molar-refractivity contribution >= 4 is 33.3 Å². The molecule has 0 atom stereocenters. The minimum atomic E-state index is 0.0658. The van der Waals surface area contributed by atoms with Gasteiger partial charge in [0.25, 0.3) is 5.91 Å². The van der Waals surface area contributed by atoms with E-state index in [0.717, 1.165) is 17.9 Å². The first-order chi connectivity index (χ1) is 10.2. The van der Waals surface area contributed by atoms with Crippen LogP contribution in [-0.4, -0.2) is 33.9 Å². The zero-order valence-corrected chi connectivity index (χ0v) is 12.6. The molecule has 2 fully saturated rings. The molecule has 2 heterocycles. The van der Waals surface area contributed by atoms with Crippen molar-refractivity contribution in [3.05, 3.63) is 17.3 Å². The number of hydrogen-bond acceptors (Lipinski definition) is 5. The van der Waals surface area contributed by atoms with E-state index >= 15 is 0 Å². The zero-order valence-electron chi connectivity index (χ0n) is 11.8. The number of aromatic nitrogens is 2. The van der Waals surface area contributed by atoms with Gasteiger partial charge in [0, 0.05) is 25.5 Å². The fraction of sp³-hybridized carbons (Fsp3) is 0.533. The Balaban J connectivity index is 1.64. The number of hydrogen-bond donors (Lipinski definition) is 1. The van der Waals surface area contributed by atoms with Crippen molar-refractivity contribution in [2.24, 2.45) is 11.8 Å². The van der Waals surface area contributed by atoms with Crippen LogP contribution in [0.2, 0.25) is 0 Å². The number of amides is 1. The molecular formula is C15H18N4OS. The van der Waals surface area contributed by atoms with Gasteiger partial charge in [-0.2, -0.15) is 0 Å². The van der Waals surface area contributed by atoms with Crippen molar-refractivity contribution in [2.75, 3.05) is 18.8 Å². The molecule has 2 aromatic rings. The molecular weight excluding hydrogens is 284 g/mol. The average molecular weight is 302 g/mol. The summed E-state index contributed by atoms with van der Waals surface area (Å²) in [4.78, 5) is 24.7. The van der Waals surface area contributed by atoms with E-state index in [1.54, 1.807) is 12.4 Å². The molecule has 5 nitrogen and oxygen atoms in total. The molecule has 6 heteroatoms. The molecule has 2 aromatic heterocycles. The number of nitrogen functional groups attached to an aromatic ring is 1. The van der Waals surface area contributed by atoms with Gasteiger partial charge in [-0.15, -0.1) is 11.3 Å². The van der Waals surface area contributed by atoms with Gasteiger partial charge in [0.15, 0.2) is 0 Å². The second-order valence-electron chi connectivity index (χ2n) is 6.15. The van der Waals surface area contributed by atoms with Crippen LogP contribution in [0.15, 0.2) is 12.4 Å². The first kappa shape index (κ1) is 13.0. The second-order valence-corrected chi connectivity index (χ2v) is 7.15. The third-order valence-electron chi connectivity index (χ3n) is 4.20. The van der Waals surface area contributed by atoms with Crippen LogP contribution in [0.1, 0.15) is 35.4 Å². The molecule has 0 spiro atoms. The van der Waals surface area contributed by atoms with E-state index in [1.807, 2.05) is 4.90 Å². The second kappa shape index (κ2) is 4.94. The molecule has 0 radical (unpaired) electrons. The Morgan fingerprint density at radius 2 is 1.81 bits per heavy atom. The van der Waals surface area contributed by atoms with E-state index in [4.69, 9.17) is 5.73 Å². The van der Waals surface area contributed by atoms with Crippen molar-refractivity contribution in [2.45, 2.75) is 25.7 Å². The van der Waals surface area contributed by atoms with Crippen LogP contribution >= 0.6 is 11.3 Å². The lowest BCUT2D eigenvalue weighted by molar-refractivity contribution is 0.0745. The topological polar surface area (TPSA) is 72.1 Å². The molecule has 0 aliphatic heterocycles. The molecule has 0 saturated heterocycles. The fourth-order valence-corrected chi connectivity index (χ4v) is 3.60. The summed E-state index contributed by atoms with van der Waals surface area (Å²) in [5.41, 5.74) is 7.28. The summed E-state index contributed by atoms with van der Waals surface area (Å²) in [6, 6.07) is 0. The van der Waals surface area contributed by atoms with E-state index in [1.165, 1.54) is 37.0 Å². The maximum absolute atomic E-state index is 12.9. The Labute approximate surface area is 127 Å². The summed E-state index contributed by atoms with van der Waals surface area (Å²) in [6.45, 7) is 1.76. The summed E-state index contributed by atoms with van der Waals surface area (Å²) in [5, 5.41) is 0. The fourth-order valence-electron chi connectivity index (χ4n) is 2.61. The third-order valence-corrected chi connectivity index (χ3v) is 5.29. The highest BCUT2D eigenvalue weighted by molar-refractivity contribution is 7.21. The Kier molecular flexibility index (Phi) is 3.06. The van der Waals surface area contributed by atoms with Crippen molar-refractivity contribution in [1.82, 2.24) is 14.9 Å². The van der Waals surface area contributed by atoms with E-state index in [9.17, 15) is 4.79 Å². The van der Waals surface area contributed by atoms with Crippen molar-refractivity contribution in [1.29, 1.82) is 0 Å². The zero-order chi connectivity index (χ0) is 14.4. The molecule has 2 aliphatic rings. The smallest absolute Gasteiger partial charge is 0.266 e. The largest absolute Gasteiger partial charge is 0.396 e. The number of fused-ring (bicyclic) bond motifs is 1. The van der Waals surface area contributed by atoms with Crippen LogP contribution in [-0.2, 0) is 0 Å². The minimum Gasteiger partial charge on any atom is -0.396 e. The highest BCUT2D eigenvalue weighted by Crippen LogP contribution is 2.36. The van der Waals surface area contributed by atoms with Gasteiger partial charge in [0.05, 0.1) is 5.69 Å². The van der Waals surface area contributed by atoms with Crippen LogP contribution < -0.4 is 5.73 Å². The molecule has 4 rings (SSSR count). The van der Waals surface area contributed by atoms with Gasteiger partial charge in [0.2, 0.25) is 0 Å². The van der Waals surface area contributed by atoms with Crippen molar-refractivity contribution in [3.63, 3.8) is 0 Å². The number of nitrogens with two attached hydrogens (primary N) is 1. The molecule has 0 bridgehead atoms. The summed E-state index contributed by atoms with van der Waals surface area (Å²) in [6.07, 6.45) is 8.25. The first-order valence-electron chi connectivity index (χ1n) is 7.50. The van der Waals surface area contributed by atoms with Crippen LogP contribution in [0, 0.1) is 11.8 Å². The van der Waals surface area contributed by atoms with Crippen molar-refractivity contribution in [3.8, 4) is 0 Å². The lowest BCUT2D eigenvalue weighted by Gasteiger charge is -2.22. The van der Waals surface area contributed by atoms with Gasteiger partial charge in [-0.1, -0.05) is 0 Å². The van der Waals surface area contributed by atoms with Crippen LogP contribution in [0.25, 0.3) is 10.3 Å². The highest BCUT2D eigenvalue weighted by Gasteiger charge is 2.33. The third kappa shape index (κ3) is 2.60. The van der Waals surface area contributed by atoms with E-state index in [0.29, 0.717) is 27.9 Å². The van der Waals surface area contributed by atoms with Crippen LogP contribution in [0.3, 0.4) is 0 Å². The highest BCUT2D eigenvalue weighted by atomic mass is 32.1. The maximum Gasteiger partial charge on any atom is 0.266 e. The molecule has 2 N–H and O–H groups in total. The monoisotopic (exact) mass is 302 g/mol. The maximum atomic E-state index is 12.9. The van der Waals surface area contributed by atoms with Gasteiger partial charge >= 0.3 is 0 Å². The Hall–Kier alpha value is -1.69. The van der Waals surface area contributed by atoms with Gasteiger partial charge in [-0.25, -0.2) is 9.97 Å². The standard InChI is InChI=1S/C15H18N4OS/c16-11-12-14(18-6-5-17-12)21-13(11)15(20)19(7-9-1-2-9)8-10-3-4-10/h5-6,9-10H,1-4,7-8,16H2. The number of rotatable bonds is 5. The van der Waals surface area contributed by atoms with E-state index < -0.39 is 0 Å². The normalized spacial score (nSPS) is 18.1. The van der Waals surface area contributed by atoms with Gasteiger partial charge in [0.1, 0.15) is 15.2 Å². The SMILES string of the molecule is Nc1c(C(=O)N(CC2CC2)CC2CC2)sc2nccnc12. The predicted molar refractivity (Wildman–Crippen MR) is 83.2 cm³/mol. The molecule has 21 heavy (non-hydrogen) atoms. The molecule has 2 saturated carbocycles. The quantitative estimate of drug-likeness (QED) is 0.921. The van der Waals surface area contributed by atoms with Gasteiger partial charge in [-0.05, 0) is 37.5 Å². The number of thiophene rings is 1. The van der Waals surface area contributed by atoms with E-state index in [2.05, 4.69) is 9.97 Å². The van der Waals surface area contributed by atoms with Gasteiger partial charge < -0.3 is 10.6 Å². The summed E-state index contributed by atoms with van der Waals surface area (Å²) < 4.78 is 0. The average Bonchev–Trinajstić information content (AvgIpc) is 3.40. The predicted octanol–water partition coefficient (Wildman–Crippen LogP) is 2.54. The lowest BCUT2D eigenvalue weighted by Crippen LogP contribution is -2.34. The van der Waals surface area contributed by atoms with Crippen molar-refractivity contribution < 1.29 is 4.79 Å². The lowest BCUT2D eigenvalue weighted by atomic mass is 10.2.